The van der Waals surface area contributed by atoms with E-state index in [1.54, 1.807) is 0 Å². The van der Waals surface area contributed by atoms with Crippen LogP contribution in [0.3, 0.4) is 0 Å². The van der Waals surface area contributed by atoms with E-state index < -0.39 is 5.54 Å². The molecule has 0 radical (unpaired) electrons. The second-order valence-corrected chi connectivity index (χ2v) is 8.40. The van der Waals surface area contributed by atoms with Gasteiger partial charge >= 0.3 is 0 Å². The lowest BCUT2D eigenvalue weighted by atomic mass is 9.79. The molecular formula is C25H45NO2. The molecule has 3 nitrogen and oxygen atoms in total. The number of unbranched alkanes of at least 4 members (excludes halogenated alkanes) is 9. The lowest BCUT2D eigenvalue weighted by Crippen LogP contribution is -2.38. The van der Waals surface area contributed by atoms with E-state index in [9.17, 15) is 10.2 Å². The van der Waals surface area contributed by atoms with Crippen LogP contribution in [0.4, 0.5) is 0 Å². The molecule has 0 heterocycles. The minimum atomic E-state index is -0.444. The molecule has 0 aromatic heterocycles. The first-order valence-corrected chi connectivity index (χ1v) is 11.8. The third-order valence-electron chi connectivity index (χ3n) is 5.92. The first-order chi connectivity index (χ1) is 13.7. The van der Waals surface area contributed by atoms with E-state index in [1.807, 2.05) is 0 Å². The first-order valence-electron chi connectivity index (χ1n) is 11.8. The van der Waals surface area contributed by atoms with Gasteiger partial charge in [0.2, 0.25) is 0 Å². The monoisotopic (exact) mass is 391 g/mol. The Balaban J connectivity index is 2.45. The van der Waals surface area contributed by atoms with Crippen molar-refractivity contribution in [2.24, 2.45) is 5.73 Å². The van der Waals surface area contributed by atoms with Gasteiger partial charge in [0, 0.05) is 18.8 Å². The van der Waals surface area contributed by atoms with Gasteiger partial charge in [-0.2, -0.15) is 0 Å². The zero-order valence-corrected chi connectivity index (χ0v) is 18.3. The molecule has 1 rings (SSSR count). The van der Waals surface area contributed by atoms with Crippen molar-refractivity contribution in [2.45, 2.75) is 109 Å². The van der Waals surface area contributed by atoms with Crippen LogP contribution in [0.25, 0.3) is 0 Å². The maximum absolute atomic E-state index is 9.27. The number of aliphatic hydroxyl groups is 2. The van der Waals surface area contributed by atoms with Crippen molar-refractivity contribution in [2.75, 3.05) is 13.2 Å². The van der Waals surface area contributed by atoms with Crippen LogP contribution in [0, 0.1) is 0 Å². The van der Waals surface area contributed by atoms with Crippen molar-refractivity contribution in [3.8, 4) is 0 Å². The lowest BCUT2D eigenvalue weighted by Gasteiger charge is -2.32. The molecular weight excluding hydrogens is 346 g/mol. The summed E-state index contributed by atoms with van der Waals surface area (Å²) in [7, 11) is 0. The minimum absolute atomic E-state index is 0.165. The van der Waals surface area contributed by atoms with E-state index in [-0.39, 0.29) is 13.2 Å². The molecule has 0 amide bonds. The van der Waals surface area contributed by atoms with E-state index in [2.05, 4.69) is 31.2 Å². The smallest absolute Gasteiger partial charge is 0.0431 e. The summed E-state index contributed by atoms with van der Waals surface area (Å²) in [6.45, 7) is 2.60. The molecule has 1 aromatic rings. The highest BCUT2D eigenvalue weighted by atomic mass is 16.3. The number of hydrogen-bond acceptors (Lipinski definition) is 3. The Hall–Kier alpha value is -0.900. The summed E-state index contributed by atoms with van der Waals surface area (Å²) in [4.78, 5) is 0. The molecule has 0 aliphatic heterocycles. The molecule has 0 aliphatic rings. The van der Waals surface area contributed by atoms with E-state index in [0.717, 1.165) is 19.3 Å². The van der Waals surface area contributed by atoms with Gasteiger partial charge in [-0.15, -0.1) is 0 Å². The summed E-state index contributed by atoms with van der Waals surface area (Å²) in [5.41, 5.74) is 8.91. The molecule has 0 atom stereocenters. The van der Waals surface area contributed by atoms with Gasteiger partial charge in [-0.05, 0) is 49.7 Å². The van der Waals surface area contributed by atoms with Gasteiger partial charge in [0.05, 0.1) is 0 Å². The maximum Gasteiger partial charge on any atom is 0.0431 e. The Labute approximate surface area is 173 Å². The van der Waals surface area contributed by atoms with Gasteiger partial charge in [-0.1, -0.05) is 89.0 Å². The highest BCUT2D eigenvalue weighted by molar-refractivity contribution is 5.33. The molecule has 0 fully saturated rings. The van der Waals surface area contributed by atoms with Gasteiger partial charge in [0.25, 0.3) is 0 Å². The second-order valence-electron chi connectivity index (χ2n) is 8.40. The predicted molar refractivity (Wildman–Crippen MR) is 120 cm³/mol. The van der Waals surface area contributed by atoms with Crippen LogP contribution >= 0.6 is 0 Å². The molecule has 0 saturated heterocycles. The lowest BCUT2D eigenvalue weighted by molar-refractivity contribution is 0.232. The maximum atomic E-state index is 9.27. The van der Waals surface area contributed by atoms with Gasteiger partial charge in [0.1, 0.15) is 0 Å². The Morgan fingerprint density at radius 1 is 0.714 bits per heavy atom. The molecule has 0 saturated carbocycles. The second kappa shape index (κ2) is 16.0. The fourth-order valence-electron chi connectivity index (χ4n) is 4.21. The number of rotatable bonds is 18. The van der Waals surface area contributed by atoms with Gasteiger partial charge in [-0.25, -0.2) is 0 Å². The Bertz CT molecular complexity index is 481. The van der Waals surface area contributed by atoms with Crippen LogP contribution in [0.5, 0.6) is 0 Å². The Morgan fingerprint density at radius 2 is 1.21 bits per heavy atom. The van der Waals surface area contributed by atoms with Crippen LogP contribution in [0.2, 0.25) is 0 Å². The number of aryl methyl sites for hydroxylation is 1. The SMILES string of the molecule is CCCCCCCCCCCCc1ccccc1C(N)(CCCO)CCCO. The molecule has 28 heavy (non-hydrogen) atoms. The van der Waals surface area contributed by atoms with Crippen molar-refractivity contribution in [1.82, 2.24) is 0 Å². The highest BCUT2D eigenvalue weighted by Crippen LogP contribution is 2.32. The van der Waals surface area contributed by atoms with Crippen LogP contribution < -0.4 is 5.73 Å². The van der Waals surface area contributed by atoms with E-state index in [1.165, 1.54) is 75.3 Å². The summed E-state index contributed by atoms with van der Waals surface area (Å²) in [5.74, 6) is 0. The van der Waals surface area contributed by atoms with Crippen LogP contribution in [-0.2, 0) is 12.0 Å². The van der Waals surface area contributed by atoms with Gasteiger partial charge in [0.15, 0.2) is 0 Å². The van der Waals surface area contributed by atoms with E-state index in [4.69, 9.17) is 5.73 Å². The molecule has 0 spiro atoms. The molecule has 0 unspecified atom stereocenters. The van der Waals surface area contributed by atoms with Crippen molar-refractivity contribution < 1.29 is 10.2 Å². The van der Waals surface area contributed by atoms with Crippen LogP contribution in [0.1, 0.15) is 108 Å². The average molecular weight is 392 g/mol. The molecule has 4 N–H and O–H groups in total. The first kappa shape index (κ1) is 25.1. The zero-order valence-electron chi connectivity index (χ0n) is 18.3. The molecule has 1 aromatic carbocycles. The van der Waals surface area contributed by atoms with Gasteiger partial charge in [-0.3, -0.25) is 0 Å². The van der Waals surface area contributed by atoms with Gasteiger partial charge < -0.3 is 15.9 Å². The van der Waals surface area contributed by atoms with E-state index >= 15 is 0 Å². The van der Waals surface area contributed by atoms with E-state index in [0.29, 0.717) is 12.8 Å². The van der Waals surface area contributed by atoms with Crippen LogP contribution in [-0.4, -0.2) is 23.4 Å². The number of nitrogens with two attached hydrogens (primary N) is 1. The predicted octanol–water partition coefficient (Wildman–Crippen LogP) is 5.85. The van der Waals surface area contributed by atoms with Crippen molar-refractivity contribution in [3.05, 3.63) is 35.4 Å². The summed E-state index contributed by atoms with van der Waals surface area (Å²) in [5, 5.41) is 18.5. The van der Waals surface area contributed by atoms with Crippen molar-refractivity contribution in [3.63, 3.8) is 0 Å². The third-order valence-corrected chi connectivity index (χ3v) is 5.92. The summed E-state index contributed by atoms with van der Waals surface area (Å²) in [6.07, 6.45) is 17.5. The molecule has 162 valence electrons. The number of aliphatic hydroxyl groups excluding tert-OH is 2. The zero-order chi connectivity index (χ0) is 20.5. The average Bonchev–Trinajstić information content (AvgIpc) is 2.72. The molecule has 0 aliphatic carbocycles. The third kappa shape index (κ3) is 10.0. The Morgan fingerprint density at radius 3 is 1.75 bits per heavy atom. The number of benzene rings is 1. The van der Waals surface area contributed by atoms with Crippen LogP contribution in [0.15, 0.2) is 24.3 Å². The Kier molecular flexibility index (Phi) is 14.3. The minimum Gasteiger partial charge on any atom is -0.396 e. The standard InChI is InChI=1S/C25H45NO2/c1-2-3-4-5-6-7-8-9-10-11-16-23-17-12-13-18-24(23)25(26,19-14-21-27)20-15-22-28/h12-13,17-18,27-28H,2-11,14-16,19-22,26H2,1H3. The normalized spacial score (nSPS) is 11.9. The number of hydrogen-bond donors (Lipinski definition) is 3. The summed E-state index contributed by atoms with van der Waals surface area (Å²) in [6, 6.07) is 8.54. The molecule has 0 bridgehead atoms. The van der Waals surface area contributed by atoms with Crippen molar-refractivity contribution in [1.29, 1.82) is 0 Å². The molecule has 3 heteroatoms. The topological polar surface area (TPSA) is 66.5 Å². The fourth-order valence-corrected chi connectivity index (χ4v) is 4.21. The fraction of sp³-hybridized carbons (Fsp3) is 0.760. The largest absolute Gasteiger partial charge is 0.396 e. The quantitative estimate of drug-likeness (QED) is 0.275. The van der Waals surface area contributed by atoms with Crippen molar-refractivity contribution >= 4 is 0 Å². The summed E-state index contributed by atoms with van der Waals surface area (Å²) < 4.78 is 0. The summed E-state index contributed by atoms with van der Waals surface area (Å²) >= 11 is 0. The highest BCUT2D eigenvalue weighted by Gasteiger charge is 2.28.